The smallest absolute Gasteiger partial charge is 0.320 e. The predicted molar refractivity (Wildman–Crippen MR) is 106 cm³/mol. The Morgan fingerprint density at radius 3 is 2.42 bits per heavy atom. The van der Waals surface area contributed by atoms with Gasteiger partial charge >= 0.3 is 6.03 Å². The Hall–Kier alpha value is -2.95. The second kappa shape index (κ2) is 7.95. The molecule has 2 aromatic carbocycles. The number of methoxy groups -OCH3 is 2. The number of carbonyl (C=O) groups excluding carboxylic acids is 1. The van der Waals surface area contributed by atoms with E-state index in [2.05, 4.69) is 17.2 Å². The van der Waals surface area contributed by atoms with Crippen molar-refractivity contribution in [2.24, 2.45) is 0 Å². The molecule has 138 valence electrons. The molecule has 0 radical (unpaired) electrons. The van der Waals surface area contributed by atoms with Crippen molar-refractivity contribution in [2.45, 2.75) is 26.3 Å². The zero-order valence-corrected chi connectivity index (χ0v) is 16.0. The van der Waals surface area contributed by atoms with Crippen LogP contribution < -0.4 is 20.1 Å². The summed E-state index contributed by atoms with van der Waals surface area (Å²) in [7, 11) is 3.13. The van der Waals surface area contributed by atoms with Crippen molar-refractivity contribution in [2.75, 3.05) is 19.5 Å². The van der Waals surface area contributed by atoms with E-state index in [0.717, 1.165) is 16.7 Å². The predicted octanol–water partition coefficient (Wildman–Crippen LogP) is 4.79. The lowest BCUT2D eigenvalue weighted by Gasteiger charge is -2.28. The van der Waals surface area contributed by atoms with Crippen LogP contribution in [0.5, 0.6) is 11.5 Å². The number of carbonyl (C=O) groups is 1. The molecule has 2 aromatic rings. The largest absolute Gasteiger partial charge is 0.497 e. The fraction of sp³-hybridized carbons (Fsp3) is 0.286. The van der Waals surface area contributed by atoms with Gasteiger partial charge in [-0.25, -0.2) is 4.79 Å². The summed E-state index contributed by atoms with van der Waals surface area (Å²) in [5, 5.41) is 5.83. The van der Waals surface area contributed by atoms with Gasteiger partial charge in [-0.05, 0) is 50.1 Å². The number of nitrogens with one attached hydrogen (secondary N) is 2. The second-order valence-corrected chi connectivity index (χ2v) is 6.63. The van der Waals surface area contributed by atoms with Gasteiger partial charge in [-0.15, -0.1) is 0 Å². The average Bonchev–Trinajstić information content (AvgIpc) is 2.61. The molecular weight excluding hydrogens is 328 g/mol. The Bertz CT molecular complexity index is 813. The molecule has 0 fully saturated rings. The summed E-state index contributed by atoms with van der Waals surface area (Å²) in [5.41, 5.74) is 3.03. The van der Waals surface area contributed by atoms with Crippen molar-refractivity contribution in [1.82, 2.24) is 5.32 Å². The van der Waals surface area contributed by atoms with Crippen molar-refractivity contribution in [3.63, 3.8) is 0 Å². The number of hydrogen-bond acceptors (Lipinski definition) is 3. The van der Waals surface area contributed by atoms with Crippen LogP contribution in [-0.4, -0.2) is 20.3 Å². The highest BCUT2D eigenvalue weighted by molar-refractivity contribution is 5.91. The fourth-order valence-corrected chi connectivity index (χ4v) is 2.58. The van der Waals surface area contributed by atoms with Crippen LogP contribution >= 0.6 is 0 Å². The minimum absolute atomic E-state index is 0.320. The summed E-state index contributed by atoms with van der Waals surface area (Å²) in [6, 6.07) is 12.9. The third-order valence-electron chi connectivity index (χ3n) is 4.16. The Morgan fingerprint density at radius 2 is 1.81 bits per heavy atom. The molecule has 0 spiro atoms. The van der Waals surface area contributed by atoms with Gasteiger partial charge < -0.3 is 20.1 Å². The summed E-state index contributed by atoms with van der Waals surface area (Å²) in [5.74, 6) is 1.19. The van der Waals surface area contributed by atoms with Crippen LogP contribution in [0.1, 0.15) is 31.9 Å². The van der Waals surface area contributed by atoms with Crippen molar-refractivity contribution >= 4 is 17.3 Å². The first-order chi connectivity index (χ1) is 12.3. The molecule has 2 amide bonds. The van der Waals surface area contributed by atoms with E-state index < -0.39 is 5.54 Å². The van der Waals surface area contributed by atoms with E-state index in [-0.39, 0.29) is 6.03 Å². The fourth-order valence-electron chi connectivity index (χ4n) is 2.58. The van der Waals surface area contributed by atoms with E-state index >= 15 is 0 Å². The summed E-state index contributed by atoms with van der Waals surface area (Å²) >= 11 is 0. The van der Waals surface area contributed by atoms with E-state index in [9.17, 15) is 4.79 Å². The SMILES string of the molecule is C=C(C)c1cccc(C(C)(C)NC(=O)Nc2ccc(OC)cc2OC)c1. The first-order valence-corrected chi connectivity index (χ1v) is 8.34. The molecular formula is C21H26N2O3. The molecule has 0 aromatic heterocycles. The normalized spacial score (nSPS) is 10.8. The van der Waals surface area contributed by atoms with Gasteiger partial charge in [-0.3, -0.25) is 0 Å². The maximum absolute atomic E-state index is 12.5. The molecule has 26 heavy (non-hydrogen) atoms. The lowest BCUT2D eigenvalue weighted by atomic mass is 9.92. The number of urea groups is 1. The van der Waals surface area contributed by atoms with Gasteiger partial charge in [0.2, 0.25) is 0 Å². The maximum Gasteiger partial charge on any atom is 0.320 e. The van der Waals surface area contributed by atoms with Crippen molar-refractivity contribution in [3.05, 3.63) is 60.2 Å². The summed E-state index contributed by atoms with van der Waals surface area (Å²) < 4.78 is 10.5. The van der Waals surface area contributed by atoms with Crippen LogP contribution in [0.15, 0.2) is 49.0 Å². The topological polar surface area (TPSA) is 59.6 Å². The van der Waals surface area contributed by atoms with Crippen molar-refractivity contribution in [1.29, 1.82) is 0 Å². The van der Waals surface area contributed by atoms with Crippen molar-refractivity contribution in [3.8, 4) is 11.5 Å². The molecule has 0 aliphatic heterocycles. The van der Waals surface area contributed by atoms with E-state index in [0.29, 0.717) is 17.2 Å². The molecule has 2 N–H and O–H groups in total. The Kier molecular flexibility index (Phi) is 5.93. The third-order valence-corrected chi connectivity index (χ3v) is 4.16. The number of amides is 2. The Balaban J connectivity index is 2.16. The first-order valence-electron chi connectivity index (χ1n) is 8.34. The van der Waals surface area contributed by atoms with Gasteiger partial charge in [0.1, 0.15) is 11.5 Å². The quantitative estimate of drug-likeness (QED) is 0.784. The lowest BCUT2D eigenvalue weighted by Crippen LogP contribution is -2.43. The highest BCUT2D eigenvalue weighted by atomic mass is 16.5. The molecule has 0 heterocycles. The minimum atomic E-state index is -0.560. The van der Waals surface area contributed by atoms with E-state index in [4.69, 9.17) is 9.47 Å². The monoisotopic (exact) mass is 354 g/mol. The van der Waals surface area contributed by atoms with Gasteiger partial charge in [0.25, 0.3) is 0 Å². The number of ether oxygens (including phenoxy) is 2. The lowest BCUT2D eigenvalue weighted by molar-refractivity contribution is 0.241. The highest BCUT2D eigenvalue weighted by Gasteiger charge is 2.23. The molecule has 0 bridgehead atoms. The zero-order valence-electron chi connectivity index (χ0n) is 16.0. The Morgan fingerprint density at radius 1 is 1.08 bits per heavy atom. The standard InChI is InChI=1S/C21H26N2O3/c1-14(2)15-8-7-9-16(12-15)21(3,4)23-20(24)22-18-11-10-17(25-5)13-19(18)26-6/h7-13H,1H2,2-6H3,(H2,22,23,24). The van der Waals surface area contributed by atoms with Gasteiger partial charge in [-0.1, -0.05) is 30.4 Å². The van der Waals surface area contributed by atoms with Crippen LogP contribution in [0.3, 0.4) is 0 Å². The summed E-state index contributed by atoms with van der Waals surface area (Å²) in [4.78, 5) is 12.5. The Labute approximate surface area is 155 Å². The number of benzene rings is 2. The molecule has 5 nitrogen and oxygen atoms in total. The summed E-state index contributed by atoms with van der Waals surface area (Å²) in [6.07, 6.45) is 0. The second-order valence-electron chi connectivity index (χ2n) is 6.63. The number of allylic oxidation sites excluding steroid dienone is 1. The van der Waals surface area contributed by atoms with Gasteiger partial charge in [0.05, 0.1) is 25.4 Å². The van der Waals surface area contributed by atoms with E-state index in [1.54, 1.807) is 32.4 Å². The van der Waals surface area contributed by atoms with Crippen LogP contribution in [0, 0.1) is 0 Å². The third kappa shape index (κ3) is 4.57. The van der Waals surface area contributed by atoms with Gasteiger partial charge in [0, 0.05) is 6.07 Å². The molecule has 0 aliphatic carbocycles. The molecule has 5 heteroatoms. The number of hydrogen-bond donors (Lipinski definition) is 2. The summed E-state index contributed by atoms with van der Waals surface area (Å²) in [6.45, 7) is 9.84. The van der Waals surface area contributed by atoms with Crippen LogP contribution in [0.2, 0.25) is 0 Å². The molecule has 0 saturated carbocycles. The molecule has 0 aliphatic rings. The number of anilines is 1. The first kappa shape index (κ1) is 19.4. The van der Waals surface area contributed by atoms with Crippen LogP contribution in [0.25, 0.3) is 5.57 Å². The van der Waals surface area contributed by atoms with Crippen LogP contribution in [0.4, 0.5) is 10.5 Å². The molecule has 2 rings (SSSR count). The molecule has 0 atom stereocenters. The number of rotatable bonds is 6. The molecule has 0 unspecified atom stereocenters. The molecule has 0 saturated heterocycles. The van der Waals surface area contributed by atoms with Gasteiger partial charge in [-0.2, -0.15) is 0 Å². The maximum atomic E-state index is 12.5. The van der Waals surface area contributed by atoms with Crippen molar-refractivity contribution < 1.29 is 14.3 Å². The van der Waals surface area contributed by atoms with Gasteiger partial charge in [0.15, 0.2) is 0 Å². The highest BCUT2D eigenvalue weighted by Crippen LogP contribution is 2.29. The minimum Gasteiger partial charge on any atom is -0.497 e. The van der Waals surface area contributed by atoms with Crippen LogP contribution in [-0.2, 0) is 5.54 Å². The van der Waals surface area contributed by atoms with E-state index in [1.165, 1.54) is 0 Å². The average molecular weight is 354 g/mol. The zero-order chi connectivity index (χ0) is 19.3. The van der Waals surface area contributed by atoms with E-state index in [1.807, 2.05) is 45.0 Å².